The molecule has 1 atom stereocenters. The van der Waals surface area contributed by atoms with Gasteiger partial charge in [-0.25, -0.2) is 5.01 Å². The molecule has 7 nitrogen and oxygen atoms in total. The predicted octanol–water partition coefficient (Wildman–Crippen LogP) is 1.57. The molecule has 0 saturated carbocycles. The zero-order chi connectivity index (χ0) is 19.2. The fourth-order valence-electron chi connectivity index (χ4n) is 3.37. The number of ether oxygens (including phenoxy) is 1. The molecule has 0 bridgehead atoms. The number of piperidine rings is 1. The van der Waals surface area contributed by atoms with E-state index in [-0.39, 0.29) is 36.7 Å². The molecule has 1 unspecified atom stereocenters. The molecule has 0 aliphatic carbocycles. The second-order valence-corrected chi connectivity index (χ2v) is 6.71. The summed E-state index contributed by atoms with van der Waals surface area (Å²) >= 11 is 0. The second kappa shape index (κ2) is 8.70. The monoisotopic (exact) mass is 371 g/mol. The molecule has 144 valence electrons. The van der Waals surface area contributed by atoms with Gasteiger partial charge in [0, 0.05) is 19.5 Å². The molecular formula is C20H25N3O4. The van der Waals surface area contributed by atoms with Crippen LogP contribution < -0.4 is 5.43 Å². The number of likely N-dealkylation sites (tertiary alicyclic amines) is 1. The van der Waals surface area contributed by atoms with Crippen LogP contribution in [0.15, 0.2) is 36.4 Å². The summed E-state index contributed by atoms with van der Waals surface area (Å²) in [5.74, 6) is -0.856. The van der Waals surface area contributed by atoms with Crippen LogP contribution in [0, 0.1) is 5.92 Å². The summed E-state index contributed by atoms with van der Waals surface area (Å²) in [5.41, 5.74) is 4.82. The molecule has 1 saturated heterocycles. The number of esters is 1. The number of carbonyl (C=O) groups excluding carboxylic acids is 3. The minimum Gasteiger partial charge on any atom is -0.466 e. The quantitative estimate of drug-likeness (QED) is 0.795. The van der Waals surface area contributed by atoms with Gasteiger partial charge in [-0.1, -0.05) is 30.3 Å². The van der Waals surface area contributed by atoms with Crippen molar-refractivity contribution in [1.29, 1.82) is 0 Å². The van der Waals surface area contributed by atoms with E-state index in [1.165, 1.54) is 5.01 Å². The third-order valence-corrected chi connectivity index (χ3v) is 4.81. The molecule has 7 heteroatoms. The Kier molecular flexibility index (Phi) is 6.11. The number of hydrazine groups is 1. The Bertz CT molecular complexity index is 732. The first-order chi connectivity index (χ1) is 13.1. The van der Waals surface area contributed by atoms with Crippen LogP contribution in [0.25, 0.3) is 5.70 Å². The molecule has 1 fully saturated rings. The Balaban J connectivity index is 1.60. The van der Waals surface area contributed by atoms with Gasteiger partial charge >= 0.3 is 5.97 Å². The molecule has 2 aliphatic rings. The van der Waals surface area contributed by atoms with Crippen LogP contribution in [0.1, 0.15) is 31.7 Å². The predicted molar refractivity (Wildman–Crippen MR) is 99.8 cm³/mol. The van der Waals surface area contributed by atoms with E-state index in [2.05, 4.69) is 5.43 Å². The first-order valence-corrected chi connectivity index (χ1v) is 9.35. The smallest absolute Gasteiger partial charge is 0.310 e. The van der Waals surface area contributed by atoms with Gasteiger partial charge in [-0.15, -0.1) is 0 Å². The second-order valence-electron chi connectivity index (χ2n) is 6.71. The molecule has 0 radical (unpaired) electrons. The van der Waals surface area contributed by atoms with Crippen molar-refractivity contribution in [2.75, 3.05) is 26.2 Å². The van der Waals surface area contributed by atoms with Gasteiger partial charge in [0.2, 0.25) is 11.8 Å². The fourth-order valence-corrected chi connectivity index (χ4v) is 3.37. The van der Waals surface area contributed by atoms with E-state index in [1.54, 1.807) is 11.8 Å². The first-order valence-electron chi connectivity index (χ1n) is 9.35. The molecule has 2 heterocycles. The van der Waals surface area contributed by atoms with Crippen LogP contribution in [0.3, 0.4) is 0 Å². The SMILES string of the molecule is CCOC(=O)C1CCCN(C(=O)CN2NC(c3ccccc3)=CCC2=O)C1. The van der Waals surface area contributed by atoms with E-state index >= 15 is 0 Å². The third kappa shape index (κ3) is 4.67. The average molecular weight is 371 g/mol. The zero-order valence-corrected chi connectivity index (χ0v) is 15.5. The van der Waals surface area contributed by atoms with Gasteiger partial charge in [-0.2, -0.15) is 0 Å². The third-order valence-electron chi connectivity index (χ3n) is 4.81. The van der Waals surface area contributed by atoms with Crippen molar-refractivity contribution in [1.82, 2.24) is 15.3 Å². The maximum Gasteiger partial charge on any atom is 0.310 e. The molecule has 27 heavy (non-hydrogen) atoms. The lowest BCUT2D eigenvalue weighted by atomic mass is 9.98. The zero-order valence-electron chi connectivity index (χ0n) is 15.5. The maximum atomic E-state index is 12.7. The van der Waals surface area contributed by atoms with Crippen LogP contribution in [0.2, 0.25) is 0 Å². The van der Waals surface area contributed by atoms with Crippen molar-refractivity contribution >= 4 is 23.5 Å². The number of hydrogen-bond donors (Lipinski definition) is 1. The Morgan fingerprint density at radius 3 is 2.78 bits per heavy atom. The van der Waals surface area contributed by atoms with E-state index in [0.717, 1.165) is 24.1 Å². The highest BCUT2D eigenvalue weighted by Gasteiger charge is 2.31. The Morgan fingerprint density at radius 1 is 1.26 bits per heavy atom. The summed E-state index contributed by atoms with van der Waals surface area (Å²) in [5, 5.41) is 1.36. The van der Waals surface area contributed by atoms with Crippen molar-refractivity contribution in [3.63, 3.8) is 0 Å². The highest BCUT2D eigenvalue weighted by Crippen LogP contribution is 2.20. The van der Waals surface area contributed by atoms with E-state index in [9.17, 15) is 14.4 Å². The van der Waals surface area contributed by atoms with Crippen LogP contribution in [0.5, 0.6) is 0 Å². The summed E-state index contributed by atoms with van der Waals surface area (Å²) in [6.45, 7) is 3.00. The fraction of sp³-hybridized carbons (Fsp3) is 0.450. The van der Waals surface area contributed by atoms with E-state index < -0.39 is 0 Å². The number of nitrogens with one attached hydrogen (secondary N) is 1. The van der Waals surface area contributed by atoms with Gasteiger partial charge in [-0.05, 0) is 31.4 Å². The van der Waals surface area contributed by atoms with Crippen LogP contribution in [-0.2, 0) is 19.1 Å². The number of rotatable bonds is 5. The lowest BCUT2D eigenvalue weighted by Crippen LogP contribution is -2.52. The molecule has 1 aromatic rings. The summed E-state index contributed by atoms with van der Waals surface area (Å²) in [7, 11) is 0. The molecule has 0 spiro atoms. The van der Waals surface area contributed by atoms with E-state index in [4.69, 9.17) is 4.74 Å². The summed E-state index contributed by atoms with van der Waals surface area (Å²) in [6.07, 6.45) is 3.56. The topological polar surface area (TPSA) is 79.0 Å². The molecule has 0 aromatic heterocycles. The Morgan fingerprint density at radius 2 is 2.04 bits per heavy atom. The van der Waals surface area contributed by atoms with Gasteiger partial charge in [0.05, 0.1) is 18.2 Å². The summed E-state index contributed by atoms with van der Waals surface area (Å²) < 4.78 is 5.08. The number of benzene rings is 1. The lowest BCUT2D eigenvalue weighted by molar-refractivity contribution is -0.152. The highest BCUT2D eigenvalue weighted by molar-refractivity contribution is 5.88. The normalized spacial score (nSPS) is 20.0. The minimum absolute atomic E-state index is 0.0570. The molecule has 1 N–H and O–H groups in total. The van der Waals surface area contributed by atoms with Crippen molar-refractivity contribution in [2.45, 2.75) is 26.2 Å². The molecular weight excluding hydrogens is 346 g/mol. The Labute approximate surface area is 158 Å². The van der Waals surface area contributed by atoms with Crippen molar-refractivity contribution < 1.29 is 19.1 Å². The largest absolute Gasteiger partial charge is 0.466 e. The minimum atomic E-state index is -0.285. The van der Waals surface area contributed by atoms with Gasteiger partial charge in [0.15, 0.2) is 0 Å². The van der Waals surface area contributed by atoms with Crippen LogP contribution in [-0.4, -0.2) is 53.9 Å². The standard InChI is InChI=1S/C20H25N3O4/c1-2-27-20(26)16-9-6-12-22(13-16)19(25)14-23-18(24)11-10-17(21-23)15-7-4-3-5-8-15/h3-5,7-8,10,16,21H,2,6,9,11-14H2,1H3. The van der Waals surface area contributed by atoms with Gasteiger partial charge in [0.25, 0.3) is 0 Å². The first kappa shape index (κ1) is 18.9. The van der Waals surface area contributed by atoms with Crippen molar-refractivity contribution in [3.8, 4) is 0 Å². The van der Waals surface area contributed by atoms with Gasteiger partial charge in [-0.3, -0.25) is 19.8 Å². The number of hydrogen-bond acceptors (Lipinski definition) is 5. The molecule has 2 amide bonds. The number of amides is 2. The maximum absolute atomic E-state index is 12.7. The van der Waals surface area contributed by atoms with Crippen molar-refractivity contribution in [2.24, 2.45) is 5.92 Å². The average Bonchev–Trinajstić information content (AvgIpc) is 2.70. The van der Waals surface area contributed by atoms with E-state index in [0.29, 0.717) is 19.7 Å². The van der Waals surface area contributed by atoms with Crippen LogP contribution >= 0.6 is 0 Å². The van der Waals surface area contributed by atoms with Gasteiger partial charge in [0.1, 0.15) is 6.54 Å². The number of carbonyl (C=O) groups is 3. The Hall–Kier alpha value is -2.83. The molecule has 2 aliphatic heterocycles. The molecule has 3 rings (SSSR count). The summed E-state index contributed by atoms with van der Waals surface area (Å²) in [6, 6.07) is 9.67. The number of nitrogens with zero attached hydrogens (tertiary/aromatic N) is 2. The van der Waals surface area contributed by atoms with Crippen molar-refractivity contribution in [3.05, 3.63) is 42.0 Å². The van der Waals surface area contributed by atoms with Gasteiger partial charge < -0.3 is 9.64 Å². The highest BCUT2D eigenvalue weighted by atomic mass is 16.5. The van der Waals surface area contributed by atoms with E-state index in [1.807, 2.05) is 36.4 Å². The van der Waals surface area contributed by atoms with Crippen LogP contribution in [0.4, 0.5) is 0 Å². The molecule has 1 aromatic carbocycles. The summed E-state index contributed by atoms with van der Waals surface area (Å²) in [4.78, 5) is 38.5. The lowest BCUT2D eigenvalue weighted by Gasteiger charge is -2.34.